The van der Waals surface area contributed by atoms with Crippen LogP contribution in [0.1, 0.15) is 39.8 Å². The predicted octanol–water partition coefficient (Wildman–Crippen LogP) is 8.62. The topological polar surface area (TPSA) is 114 Å². The summed E-state index contributed by atoms with van der Waals surface area (Å²) < 4.78 is 53.7. The highest BCUT2D eigenvalue weighted by molar-refractivity contribution is 5.18. The molecule has 1 aliphatic rings. The molecule has 1 heterocycles. The molecule has 10 nitrogen and oxygen atoms in total. The highest BCUT2D eigenvalue weighted by atomic mass is 16.7. The number of aliphatic hydroxyl groups excluding tert-OH is 2. The van der Waals surface area contributed by atoms with Crippen molar-refractivity contribution in [2.75, 3.05) is 19.8 Å². The largest absolute Gasteiger partial charge is 0.396 e. The third-order valence-corrected chi connectivity index (χ3v) is 11.0. The Morgan fingerprint density at radius 1 is 0.453 bits per heavy atom. The molecule has 6 aromatic rings. The van der Waals surface area contributed by atoms with Crippen molar-refractivity contribution in [1.29, 1.82) is 0 Å². The lowest BCUT2D eigenvalue weighted by atomic mass is 9.97. The van der Waals surface area contributed by atoms with Crippen LogP contribution >= 0.6 is 0 Å². The number of hydrogen-bond donors (Lipinski definition) is 2. The van der Waals surface area contributed by atoms with Gasteiger partial charge in [0.25, 0.3) is 0 Å². The molecule has 0 amide bonds. The van der Waals surface area contributed by atoms with Crippen LogP contribution in [0.15, 0.2) is 182 Å². The number of benzene rings is 6. The second-order valence-corrected chi connectivity index (χ2v) is 15.8. The molecule has 0 radical (unpaired) electrons. The zero-order chi connectivity index (χ0) is 44.0. The fourth-order valence-corrected chi connectivity index (χ4v) is 7.65. The number of ether oxygens (including phenoxy) is 8. The van der Waals surface area contributed by atoms with Crippen molar-refractivity contribution in [2.24, 2.45) is 0 Å². The molecule has 1 saturated heterocycles. The summed E-state index contributed by atoms with van der Waals surface area (Å²) in [6, 6.07) is 59.3. The van der Waals surface area contributed by atoms with Crippen LogP contribution in [0.25, 0.3) is 0 Å². The van der Waals surface area contributed by atoms with E-state index >= 15 is 0 Å². The van der Waals surface area contributed by atoms with E-state index in [1.807, 2.05) is 182 Å². The third-order valence-electron chi connectivity index (χ3n) is 11.0. The van der Waals surface area contributed by atoms with Gasteiger partial charge in [0.1, 0.15) is 36.6 Å². The smallest absolute Gasteiger partial charge is 0.187 e. The van der Waals surface area contributed by atoms with E-state index < -0.39 is 49.0 Å². The quantitative estimate of drug-likeness (QED) is 0.0550. The molecule has 0 bridgehead atoms. The number of aliphatic hydroxyl groups is 2. The fraction of sp³-hybridized carbons (Fsp3) is 0.333. The van der Waals surface area contributed by atoms with E-state index in [9.17, 15) is 10.2 Å². The molecule has 8 atom stereocenters. The van der Waals surface area contributed by atoms with E-state index in [1.165, 1.54) is 0 Å². The lowest BCUT2D eigenvalue weighted by Gasteiger charge is -2.47. The standard InChI is InChI=1S/C54H60O10/c55-32-31-48(59-35-43-23-11-3-12-24-43)50(47(56)39-57-33-41-19-7-1-8-20-41)64-54-53(62-38-46-29-17-6-18-30-46)52(61-37-45-27-15-5-16-28-45)51(60-36-44-25-13-4-14-26-44)49(63-54)40-58-34-42-21-9-2-10-22-42/h1-30,47-56H,31-40H2/t47-,48-,49-,50-,51-,52+,53-,54-/m1/s1. The minimum atomic E-state index is -1.21. The molecule has 64 heavy (non-hydrogen) atoms. The lowest BCUT2D eigenvalue weighted by molar-refractivity contribution is -0.347. The van der Waals surface area contributed by atoms with Gasteiger partial charge in [-0.2, -0.15) is 0 Å². The molecular weight excluding hydrogens is 809 g/mol. The van der Waals surface area contributed by atoms with E-state index in [1.54, 1.807) is 0 Å². The van der Waals surface area contributed by atoms with Crippen LogP contribution in [-0.2, 0) is 77.5 Å². The molecule has 0 aromatic heterocycles. The first-order valence-corrected chi connectivity index (χ1v) is 22.1. The predicted molar refractivity (Wildman–Crippen MR) is 244 cm³/mol. The van der Waals surface area contributed by atoms with Crippen LogP contribution in [0.4, 0.5) is 0 Å². The molecule has 0 unspecified atom stereocenters. The van der Waals surface area contributed by atoms with E-state index in [0.29, 0.717) is 6.61 Å². The van der Waals surface area contributed by atoms with Gasteiger partial charge in [0, 0.05) is 6.61 Å². The van der Waals surface area contributed by atoms with Crippen LogP contribution in [0.3, 0.4) is 0 Å². The van der Waals surface area contributed by atoms with Crippen molar-refractivity contribution < 1.29 is 48.1 Å². The molecule has 0 aliphatic carbocycles. The molecule has 1 aliphatic heterocycles. The maximum absolute atomic E-state index is 12.1. The summed E-state index contributed by atoms with van der Waals surface area (Å²) in [5.41, 5.74) is 5.79. The van der Waals surface area contributed by atoms with Crippen molar-refractivity contribution in [3.8, 4) is 0 Å². The molecule has 1 fully saturated rings. The highest BCUT2D eigenvalue weighted by Crippen LogP contribution is 2.34. The number of hydrogen-bond acceptors (Lipinski definition) is 10. The second-order valence-electron chi connectivity index (χ2n) is 15.8. The summed E-state index contributed by atoms with van der Waals surface area (Å²) >= 11 is 0. The Hall–Kier alpha value is -5.08. The van der Waals surface area contributed by atoms with E-state index in [0.717, 1.165) is 33.4 Å². The summed E-state index contributed by atoms with van der Waals surface area (Å²) in [7, 11) is 0. The molecule has 0 saturated carbocycles. The summed E-state index contributed by atoms with van der Waals surface area (Å²) in [5, 5.41) is 22.6. The Balaban J connectivity index is 1.24. The molecule has 10 heteroatoms. The van der Waals surface area contributed by atoms with E-state index in [-0.39, 0.29) is 59.3 Å². The Morgan fingerprint density at radius 3 is 1.30 bits per heavy atom. The summed E-state index contributed by atoms with van der Waals surface area (Å²) in [5.74, 6) is 0. The van der Waals surface area contributed by atoms with Crippen molar-refractivity contribution in [3.63, 3.8) is 0 Å². The van der Waals surface area contributed by atoms with Crippen LogP contribution in [-0.4, -0.2) is 79.1 Å². The first-order chi connectivity index (χ1) is 31.6. The SMILES string of the molecule is OCC[C@@H](OCc1ccccc1)[C@H](O[C@H]1O[C@H](COCc2ccccc2)[C@@H](OCc2ccccc2)[C@H](OCc2ccccc2)[C@H]1OCc1ccccc1)[C@H](O)COCc1ccccc1. The molecular formula is C54H60O10. The Kier molecular flexibility index (Phi) is 19.1. The van der Waals surface area contributed by atoms with Crippen molar-refractivity contribution in [3.05, 3.63) is 215 Å². The van der Waals surface area contributed by atoms with Gasteiger partial charge in [-0.05, 0) is 39.8 Å². The summed E-state index contributed by atoms with van der Waals surface area (Å²) in [4.78, 5) is 0. The van der Waals surface area contributed by atoms with Crippen molar-refractivity contribution >= 4 is 0 Å². The molecule has 6 aromatic carbocycles. The lowest BCUT2D eigenvalue weighted by Crippen LogP contribution is -2.63. The minimum absolute atomic E-state index is 0.0845. The maximum atomic E-state index is 12.1. The van der Waals surface area contributed by atoms with Gasteiger partial charge in [0.2, 0.25) is 0 Å². The Bertz CT molecular complexity index is 2120. The zero-order valence-corrected chi connectivity index (χ0v) is 36.2. The fourth-order valence-electron chi connectivity index (χ4n) is 7.65. The third kappa shape index (κ3) is 14.7. The van der Waals surface area contributed by atoms with Gasteiger partial charge in [-0.15, -0.1) is 0 Å². The normalized spacial score (nSPS) is 20.1. The van der Waals surface area contributed by atoms with Crippen LogP contribution in [0.2, 0.25) is 0 Å². The maximum Gasteiger partial charge on any atom is 0.187 e. The zero-order valence-electron chi connectivity index (χ0n) is 36.2. The first kappa shape index (κ1) is 46.9. The molecule has 2 N–H and O–H groups in total. The highest BCUT2D eigenvalue weighted by Gasteiger charge is 2.51. The van der Waals surface area contributed by atoms with Crippen molar-refractivity contribution in [2.45, 2.75) is 95.1 Å². The van der Waals surface area contributed by atoms with Gasteiger partial charge in [0.15, 0.2) is 6.29 Å². The first-order valence-electron chi connectivity index (χ1n) is 22.1. The van der Waals surface area contributed by atoms with Gasteiger partial charge in [-0.1, -0.05) is 182 Å². The van der Waals surface area contributed by atoms with Crippen LogP contribution in [0.5, 0.6) is 0 Å². The van der Waals surface area contributed by atoms with E-state index in [2.05, 4.69) is 0 Å². The van der Waals surface area contributed by atoms with Gasteiger partial charge in [-0.25, -0.2) is 0 Å². The molecule has 0 spiro atoms. The average molecular weight is 869 g/mol. The van der Waals surface area contributed by atoms with Crippen LogP contribution < -0.4 is 0 Å². The average Bonchev–Trinajstić information content (AvgIpc) is 3.35. The Morgan fingerprint density at radius 2 is 0.844 bits per heavy atom. The van der Waals surface area contributed by atoms with Crippen molar-refractivity contribution in [1.82, 2.24) is 0 Å². The van der Waals surface area contributed by atoms with Gasteiger partial charge < -0.3 is 48.1 Å². The van der Waals surface area contributed by atoms with Gasteiger partial charge >= 0.3 is 0 Å². The molecule has 7 rings (SSSR count). The Labute approximate surface area is 377 Å². The number of rotatable bonds is 26. The second kappa shape index (κ2) is 26.0. The monoisotopic (exact) mass is 868 g/mol. The van der Waals surface area contributed by atoms with Gasteiger partial charge in [0.05, 0.1) is 59.0 Å². The van der Waals surface area contributed by atoms with Gasteiger partial charge in [-0.3, -0.25) is 0 Å². The summed E-state index contributed by atoms with van der Waals surface area (Å²) in [6.07, 6.45) is -7.09. The molecule has 336 valence electrons. The van der Waals surface area contributed by atoms with E-state index in [4.69, 9.17) is 37.9 Å². The van der Waals surface area contributed by atoms with Crippen LogP contribution in [0, 0.1) is 0 Å². The minimum Gasteiger partial charge on any atom is -0.396 e. The summed E-state index contributed by atoms with van der Waals surface area (Å²) in [6.45, 7) is 1.39.